The molecule has 1 saturated heterocycles. The van der Waals surface area contributed by atoms with E-state index in [1.807, 2.05) is 24.4 Å². The Kier molecular flexibility index (Phi) is 5.63. The largest absolute Gasteiger partial charge is 0.365 e. The smallest absolute Gasteiger partial charge is 0.261 e. The van der Waals surface area contributed by atoms with Crippen molar-refractivity contribution in [3.05, 3.63) is 40.5 Å². The predicted molar refractivity (Wildman–Crippen MR) is 101 cm³/mol. The van der Waals surface area contributed by atoms with Gasteiger partial charge in [0.2, 0.25) is 0 Å². The number of hydrogen-bond acceptors (Lipinski definition) is 5. The molecule has 3 N–H and O–H groups in total. The maximum Gasteiger partial charge on any atom is 0.261 e. The van der Waals surface area contributed by atoms with Crippen molar-refractivity contribution in [3.8, 4) is 10.6 Å². The summed E-state index contributed by atoms with van der Waals surface area (Å²) in [6.45, 7) is 6.26. The number of aromatic nitrogens is 3. The molecule has 8 heteroatoms. The lowest BCUT2D eigenvalue weighted by atomic mass is 10.2. The second kappa shape index (κ2) is 7.92. The number of aryl methyl sites for hydroxylation is 2. The van der Waals surface area contributed by atoms with Crippen molar-refractivity contribution in [1.82, 2.24) is 19.7 Å². The summed E-state index contributed by atoms with van der Waals surface area (Å²) in [5.41, 5.74) is 8.09. The Bertz CT molecular complexity index is 918. The van der Waals surface area contributed by atoms with Crippen LogP contribution in [0.25, 0.3) is 16.2 Å². The van der Waals surface area contributed by atoms with Crippen LogP contribution in [0, 0.1) is 19.7 Å². The molecule has 6 nitrogen and oxygen atoms in total. The first-order valence-corrected chi connectivity index (χ1v) is 9.40. The summed E-state index contributed by atoms with van der Waals surface area (Å²) in [5.74, 6) is -1.38. The number of primary amides is 1. The van der Waals surface area contributed by atoms with Crippen molar-refractivity contribution in [1.29, 1.82) is 0 Å². The van der Waals surface area contributed by atoms with Gasteiger partial charge in [0.1, 0.15) is 10.7 Å². The van der Waals surface area contributed by atoms with Gasteiger partial charge in [0, 0.05) is 12.4 Å². The third-order valence-electron chi connectivity index (χ3n) is 4.10. The lowest BCUT2D eigenvalue weighted by Gasteiger charge is -2.08. The second-order valence-electron chi connectivity index (χ2n) is 6.29. The molecular formula is C18H22FN5OS. The number of nitrogens with one attached hydrogen (secondary N) is 1. The van der Waals surface area contributed by atoms with Crippen molar-refractivity contribution in [3.63, 3.8) is 0 Å². The van der Waals surface area contributed by atoms with Crippen LogP contribution in [-0.4, -0.2) is 33.4 Å². The van der Waals surface area contributed by atoms with Crippen LogP contribution in [0.5, 0.6) is 0 Å². The van der Waals surface area contributed by atoms with Gasteiger partial charge in [0.15, 0.2) is 5.65 Å². The van der Waals surface area contributed by atoms with Crippen molar-refractivity contribution in [2.45, 2.75) is 33.1 Å². The number of nitrogens with two attached hydrogens (primary N) is 1. The number of nitrogens with zero attached hydrogens (tertiary/aromatic N) is 3. The van der Waals surface area contributed by atoms with E-state index in [2.05, 4.69) is 15.3 Å². The highest BCUT2D eigenvalue weighted by atomic mass is 32.1. The summed E-state index contributed by atoms with van der Waals surface area (Å²) in [6.07, 6.45) is 7.85. The van der Waals surface area contributed by atoms with Gasteiger partial charge in [-0.1, -0.05) is 6.42 Å². The zero-order valence-electron chi connectivity index (χ0n) is 14.9. The summed E-state index contributed by atoms with van der Waals surface area (Å²) in [7, 11) is 0. The first-order valence-electron chi connectivity index (χ1n) is 8.59. The zero-order valence-corrected chi connectivity index (χ0v) is 15.7. The van der Waals surface area contributed by atoms with Crippen LogP contribution in [0.1, 0.15) is 40.3 Å². The fourth-order valence-electron chi connectivity index (χ4n) is 2.89. The van der Waals surface area contributed by atoms with E-state index in [4.69, 9.17) is 5.73 Å². The minimum atomic E-state index is -0.767. The van der Waals surface area contributed by atoms with Gasteiger partial charge in [-0.15, -0.1) is 11.3 Å². The van der Waals surface area contributed by atoms with Gasteiger partial charge in [0.05, 0.1) is 22.0 Å². The maximum atomic E-state index is 13.6. The average molecular weight is 375 g/mol. The van der Waals surface area contributed by atoms with Crippen LogP contribution in [-0.2, 0) is 0 Å². The van der Waals surface area contributed by atoms with E-state index in [9.17, 15) is 9.18 Å². The molecule has 26 heavy (non-hydrogen) atoms. The predicted octanol–water partition coefficient (Wildman–Crippen LogP) is 3.07. The number of carbonyl (C=O) groups is 1. The van der Waals surface area contributed by atoms with Gasteiger partial charge in [-0.2, -0.15) is 0 Å². The Morgan fingerprint density at radius 2 is 1.96 bits per heavy atom. The minimum Gasteiger partial charge on any atom is -0.365 e. The maximum absolute atomic E-state index is 13.6. The highest BCUT2D eigenvalue weighted by Gasteiger charge is 2.17. The highest BCUT2D eigenvalue weighted by molar-refractivity contribution is 7.17. The van der Waals surface area contributed by atoms with E-state index in [-0.39, 0.29) is 4.88 Å². The number of fused-ring (bicyclic) bond motifs is 1. The molecule has 0 unspecified atom stereocenters. The van der Waals surface area contributed by atoms with Crippen molar-refractivity contribution < 1.29 is 9.18 Å². The van der Waals surface area contributed by atoms with Crippen LogP contribution in [0.15, 0.2) is 18.5 Å². The molecule has 1 fully saturated rings. The Balaban J connectivity index is 0.000000278. The number of hydrogen-bond donors (Lipinski definition) is 2. The van der Waals surface area contributed by atoms with E-state index >= 15 is 0 Å². The van der Waals surface area contributed by atoms with Crippen LogP contribution in [0.3, 0.4) is 0 Å². The molecule has 3 aromatic rings. The van der Waals surface area contributed by atoms with Crippen LogP contribution < -0.4 is 11.1 Å². The monoisotopic (exact) mass is 375 g/mol. The molecule has 0 bridgehead atoms. The van der Waals surface area contributed by atoms with E-state index < -0.39 is 11.7 Å². The fraction of sp³-hybridized carbons (Fsp3) is 0.389. The fourth-order valence-corrected chi connectivity index (χ4v) is 3.73. The lowest BCUT2D eigenvalue weighted by Crippen LogP contribution is -2.21. The number of imidazole rings is 1. The normalized spacial score (nSPS) is 14.1. The number of amides is 1. The van der Waals surface area contributed by atoms with E-state index in [0.29, 0.717) is 16.2 Å². The molecule has 1 amide bonds. The third kappa shape index (κ3) is 4.08. The molecule has 0 spiro atoms. The highest BCUT2D eigenvalue weighted by Crippen LogP contribution is 2.30. The lowest BCUT2D eigenvalue weighted by molar-refractivity contribution is 0.100. The molecule has 0 saturated carbocycles. The van der Waals surface area contributed by atoms with Gasteiger partial charge in [-0.05, 0) is 45.8 Å². The Morgan fingerprint density at radius 1 is 1.23 bits per heavy atom. The molecule has 0 radical (unpaired) electrons. The number of thiophene rings is 1. The SMILES string of the molecule is C1CCNCC1.Cc1cn2cc(-c3cc(F)c(C(N)=O)s3)nc2c(C)n1. The summed E-state index contributed by atoms with van der Waals surface area (Å²) >= 11 is 1.00. The number of piperidine rings is 1. The molecule has 1 aliphatic rings. The molecule has 3 aromatic heterocycles. The molecule has 0 atom stereocenters. The molecule has 4 heterocycles. The van der Waals surface area contributed by atoms with Crippen molar-refractivity contribution >= 4 is 22.9 Å². The second-order valence-corrected chi connectivity index (χ2v) is 7.34. The first-order chi connectivity index (χ1) is 12.5. The minimum absolute atomic E-state index is 0.0805. The van der Waals surface area contributed by atoms with Crippen molar-refractivity contribution in [2.75, 3.05) is 13.1 Å². The Hall–Kier alpha value is -2.32. The van der Waals surface area contributed by atoms with Gasteiger partial charge in [-0.3, -0.25) is 9.78 Å². The molecular weight excluding hydrogens is 353 g/mol. The summed E-state index contributed by atoms with van der Waals surface area (Å²) in [6, 6.07) is 1.28. The third-order valence-corrected chi connectivity index (χ3v) is 5.24. The molecule has 1 aliphatic heterocycles. The standard InChI is InChI=1S/C13H11FN4OS.C5H11N/c1-6-4-18-5-9(17-13(18)7(2)16-6)10-3-8(14)11(20-10)12(15)19;1-2-4-6-5-3-1/h3-5H,1-2H3,(H2,15,19);6H,1-5H2. The Morgan fingerprint density at radius 3 is 2.50 bits per heavy atom. The molecule has 4 rings (SSSR count). The Labute approximate surface area is 155 Å². The molecule has 138 valence electrons. The molecule has 0 aliphatic carbocycles. The molecule has 0 aromatic carbocycles. The van der Waals surface area contributed by atoms with Crippen LogP contribution in [0.4, 0.5) is 4.39 Å². The quantitative estimate of drug-likeness (QED) is 0.721. The zero-order chi connectivity index (χ0) is 18.7. The van der Waals surface area contributed by atoms with E-state index in [0.717, 1.165) is 22.7 Å². The van der Waals surface area contributed by atoms with E-state index in [1.165, 1.54) is 38.4 Å². The number of rotatable bonds is 2. The van der Waals surface area contributed by atoms with Crippen molar-refractivity contribution in [2.24, 2.45) is 5.73 Å². The topological polar surface area (TPSA) is 85.3 Å². The van der Waals surface area contributed by atoms with Gasteiger partial charge >= 0.3 is 0 Å². The summed E-state index contributed by atoms with van der Waals surface area (Å²) < 4.78 is 15.4. The van der Waals surface area contributed by atoms with Crippen LogP contribution in [0.2, 0.25) is 0 Å². The van der Waals surface area contributed by atoms with Gasteiger partial charge in [0.25, 0.3) is 5.91 Å². The summed E-state index contributed by atoms with van der Waals surface area (Å²) in [5, 5.41) is 3.28. The average Bonchev–Trinajstić information content (AvgIpc) is 3.20. The first kappa shape index (κ1) is 18.5. The number of halogens is 1. The van der Waals surface area contributed by atoms with Crippen LogP contribution >= 0.6 is 11.3 Å². The van der Waals surface area contributed by atoms with Gasteiger partial charge in [-0.25, -0.2) is 9.37 Å². The number of carbonyl (C=O) groups excluding carboxylic acids is 1. The van der Waals surface area contributed by atoms with E-state index in [1.54, 1.807) is 6.20 Å². The van der Waals surface area contributed by atoms with Gasteiger partial charge < -0.3 is 15.5 Å². The summed E-state index contributed by atoms with van der Waals surface area (Å²) in [4.78, 5) is 20.3.